The number of ketones is 1. The highest BCUT2D eigenvalue weighted by Crippen LogP contribution is 2.29. The van der Waals surface area contributed by atoms with Crippen molar-refractivity contribution in [1.82, 2.24) is 19.3 Å². The molecule has 0 saturated heterocycles. The van der Waals surface area contributed by atoms with E-state index in [1.54, 1.807) is 34.6 Å². The number of imidazole rings is 1. The molecule has 0 bridgehead atoms. The molecule has 2 heterocycles. The summed E-state index contributed by atoms with van der Waals surface area (Å²) in [7, 11) is 1.69. The van der Waals surface area contributed by atoms with Gasteiger partial charge in [-0.2, -0.15) is 5.10 Å². The van der Waals surface area contributed by atoms with Gasteiger partial charge in [0.25, 0.3) is 5.69 Å². The fourth-order valence-corrected chi connectivity index (χ4v) is 2.72. The summed E-state index contributed by atoms with van der Waals surface area (Å²) >= 11 is 0. The maximum atomic E-state index is 12.6. The van der Waals surface area contributed by atoms with Crippen molar-refractivity contribution in [2.24, 2.45) is 13.0 Å². The molecule has 3 aromatic rings. The summed E-state index contributed by atoms with van der Waals surface area (Å²) in [5.41, 5.74) is 0.279. The van der Waals surface area contributed by atoms with Crippen LogP contribution in [0.15, 0.2) is 42.9 Å². The van der Waals surface area contributed by atoms with Crippen molar-refractivity contribution in [3.05, 3.63) is 64.4 Å². The van der Waals surface area contributed by atoms with Gasteiger partial charge in [0.05, 0.1) is 4.92 Å². The summed E-state index contributed by atoms with van der Waals surface area (Å²) in [4.78, 5) is 27.6. The number of aromatic nitrogens is 4. The monoisotopic (exact) mass is 382 g/mol. The van der Waals surface area contributed by atoms with Gasteiger partial charge in [0.2, 0.25) is 5.78 Å². The molecular weight excluding hydrogens is 360 g/mol. The van der Waals surface area contributed by atoms with Gasteiger partial charge >= 0.3 is 0 Å². The normalized spacial score (nSPS) is 11.0. The minimum absolute atomic E-state index is 0.197. The van der Waals surface area contributed by atoms with Crippen LogP contribution in [0, 0.1) is 16.0 Å². The SMILES string of the molecule is CC(C)CCn1ccc(Nc2ccc(C(=O)c3nccn3C)cc2[N+](=O)[O-])n1. The van der Waals surface area contributed by atoms with E-state index in [9.17, 15) is 14.9 Å². The smallest absolute Gasteiger partial charge is 0.293 e. The Bertz CT molecular complexity index is 1000. The van der Waals surface area contributed by atoms with Crippen LogP contribution in [0.2, 0.25) is 0 Å². The lowest BCUT2D eigenvalue weighted by atomic mass is 10.1. The first-order chi connectivity index (χ1) is 13.3. The Kier molecular flexibility index (Phi) is 5.53. The lowest BCUT2D eigenvalue weighted by molar-refractivity contribution is -0.383. The highest BCUT2D eigenvalue weighted by molar-refractivity contribution is 6.07. The van der Waals surface area contributed by atoms with E-state index in [0.717, 1.165) is 13.0 Å². The molecule has 0 radical (unpaired) electrons. The molecule has 0 saturated carbocycles. The van der Waals surface area contributed by atoms with E-state index in [1.807, 2.05) is 6.20 Å². The molecule has 146 valence electrons. The molecule has 9 heteroatoms. The largest absolute Gasteiger partial charge is 0.333 e. The summed E-state index contributed by atoms with van der Waals surface area (Å²) in [5, 5.41) is 18.9. The first-order valence-corrected chi connectivity index (χ1v) is 8.96. The van der Waals surface area contributed by atoms with Crippen LogP contribution in [0.5, 0.6) is 0 Å². The second kappa shape index (κ2) is 8.03. The average molecular weight is 382 g/mol. The first-order valence-electron chi connectivity index (χ1n) is 8.96. The summed E-state index contributed by atoms with van der Waals surface area (Å²) in [6.07, 6.45) is 5.97. The Labute approximate surface area is 162 Å². The number of hydrogen-bond donors (Lipinski definition) is 1. The molecule has 1 aromatic carbocycles. The Morgan fingerprint density at radius 3 is 2.71 bits per heavy atom. The second-order valence-electron chi connectivity index (χ2n) is 6.95. The molecule has 0 fully saturated rings. The Morgan fingerprint density at radius 2 is 2.07 bits per heavy atom. The standard InChI is InChI=1S/C19H22N6O3/c1-13(2)6-9-24-10-7-17(22-24)21-15-5-4-14(12-16(15)25(27)28)18(26)19-20-8-11-23(19)3/h4-5,7-8,10-13H,6,9H2,1-3H3,(H,21,22). The third-order valence-electron chi connectivity index (χ3n) is 4.32. The van der Waals surface area contributed by atoms with Gasteiger partial charge in [-0.15, -0.1) is 0 Å². The van der Waals surface area contributed by atoms with Crippen LogP contribution in [-0.2, 0) is 13.6 Å². The minimum atomic E-state index is -0.521. The number of nitro benzene ring substituents is 1. The Hall–Kier alpha value is -3.49. The van der Waals surface area contributed by atoms with Crippen LogP contribution >= 0.6 is 0 Å². The summed E-state index contributed by atoms with van der Waals surface area (Å²) in [6, 6.07) is 6.08. The molecule has 0 aliphatic rings. The Morgan fingerprint density at radius 1 is 1.29 bits per heavy atom. The number of carbonyl (C=O) groups is 1. The highest BCUT2D eigenvalue weighted by atomic mass is 16.6. The van der Waals surface area contributed by atoms with E-state index >= 15 is 0 Å². The predicted octanol–water partition coefficient (Wildman–Crippen LogP) is 3.55. The van der Waals surface area contributed by atoms with Crippen molar-refractivity contribution in [1.29, 1.82) is 0 Å². The van der Waals surface area contributed by atoms with Crippen LogP contribution < -0.4 is 5.32 Å². The zero-order valence-corrected chi connectivity index (χ0v) is 16.0. The van der Waals surface area contributed by atoms with Crippen LogP contribution in [0.3, 0.4) is 0 Å². The zero-order chi connectivity index (χ0) is 20.3. The molecule has 0 spiro atoms. The number of rotatable bonds is 8. The van der Waals surface area contributed by atoms with Gasteiger partial charge in [-0.1, -0.05) is 13.8 Å². The van der Waals surface area contributed by atoms with Gasteiger partial charge in [-0.25, -0.2) is 4.98 Å². The minimum Gasteiger partial charge on any atom is -0.333 e. The summed E-state index contributed by atoms with van der Waals surface area (Å²) in [6.45, 7) is 5.05. The number of nitrogens with zero attached hydrogens (tertiary/aromatic N) is 5. The third kappa shape index (κ3) is 4.25. The molecule has 0 aliphatic heterocycles. The molecule has 1 N–H and O–H groups in total. The predicted molar refractivity (Wildman–Crippen MR) is 105 cm³/mol. The van der Waals surface area contributed by atoms with Gasteiger partial charge in [0, 0.05) is 49.9 Å². The second-order valence-corrected chi connectivity index (χ2v) is 6.95. The van der Waals surface area contributed by atoms with Gasteiger partial charge in [-0.05, 0) is 24.5 Å². The van der Waals surface area contributed by atoms with Crippen molar-refractivity contribution < 1.29 is 9.72 Å². The van der Waals surface area contributed by atoms with Crippen molar-refractivity contribution in [3.63, 3.8) is 0 Å². The van der Waals surface area contributed by atoms with Crippen molar-refractivity contribution >= 4 is 23.0 Å². The topological polar surface area (TPSA) is 108 Å². The number of nitrogens with one attached hydrogen (secondary N) is 1. The summed E-state index contributed by atoms with van der Waals surface area (Å²) in [5.74, 6) is 0.916. The fraction of sp³-hybridized carbons (Fsp3) is 0.316. The highest BCUT2D eigenvalue weighted by Gasteiger charge is 2.21. The molecule has 3 rings (SSSR count). The third-order valence-corrected chi connectivity index (χ3v) is 4.32. The zero-order valence-electron chi connectivity index (χ0n) is 16.0. The van der Waals surface area contributed by atoms with Gasteiger partial charge < -0.3 is 9.88 Å². The van der Waals surface area contributed by atoms with Crippen molar-refractivity contribution in [2.75, 3.05) is 5.32 Å². The fourth-order valence-electron chi connectivity index (χ4n) is 2.72. The summed E-state index contributed by atoms with van der Waals surface area (Å²) < 4.78 is 3.37. The van der Waals surface area contributed by atoms with Crippen molar-refractivity contribution in [2.45, 2.75) is 26.8 Å². The van der Waals surface area contributed by atoms with Crippen LogP contribution in [0.1, 0.15) is 36.5 Å². The van der Waals surface area contributed by atoms with E-state index in [-0.39, 0.29) is 28.5 Å². The van der Waals surface area contributed by atoms with Gasteiger partial charge in [0.1, 0.15) is 5.69 Å². The number of benzene rings is 1. The maximum Gasteiger partial charge on any atom is 0.293 e. The number of nitro groups is 1. The van der Waals surface area contributed by atoms with Crippen LogP contribution in [0.25, 0.3) is 0 Å². The van der Waals surface area contributed by atoms with E-state index in [0.29, 0.717) is 11.7 Å². The van der Waals surface area contributed by atoms with E-state index in [2.05, 4.69) is 29.2 Å². The molecule has 0 aliphatic carbocycles. The van der Waals surface area contributed by atoms with Gasteiger partial charge in [-0.3, -0.25) is 19.6 Å². The molecule has 0 atom stereocenters. The van der Waals surface area contributed by atoms with Crippen LogP contribution in [-0.4, -0.2) is 30.0 Å². The van der Waals surface area contributed by atoms with E-state index in [1.165, 1.54) is 18.3 Å². The quantitative estimate of drug-likeness (QED) is 0.363. The Balaban J connectivity index is 1.83. The molecule has 0 amide bonds. The number of carbonyl (C=O) groups excluding carboxylic acids is 1. The van der Waals surface area contributed by atoms with E-state index in [4.69, 9.17) is 0 Å². The number of aryl methyl sites for hydroxylation is 2. The maximum absolute atomic E-state index is 12.6. The van der Waals surface area contributed by atoms with E-state index < -0.39 is 4.92 Å². The molecule has 9 nitrogen and oxygen atoms in total. The number of hydrogen-bond acceptors (Lipinski definition) is 6. The molecule has 2 aromatic heterocycles. The van der Waals surface area contributed by atoms with Crippen LogP contribution in [0.4, 0.5) is 17.2 Å². The van der Waals surface area contributed by atoms with Crippen molar-refractivity contribution in [3.8, 4) is 0 Å². The lowest BCUT2D eigenvalue weighted by Gasteiger charge is -2.07. The van der Waals surface area contributed by atoms with Gasteiger partial charge in [0.15, 0.2) is 11.6 Å². The molecule has 28 heavy (non-hydrogen) atoms. The molecule has 0 unspecified atom stereocenters. The number of anilines is 2. The lowest BCUT2D eigenvalue weighted by Crippen LogP contribution is -2.09. The first kappa shape index (κ1) is 19.3. The molecular formula is C19H22N6O3. The average Bonchev–Trinajstić information content (AvgIpc) is 3.28.